The number of hydrogen-bond acceptors (Lipinski definition) is 3. The number of methoxy groups -OCH3 is 1. The van der Waals surface area contributed by atoms with Crippen molar-refractivity contribution < 1.29 is 4.74 Å². The highest BCUT2D eigenvalue weighted by Gasteiger charge is 2.60. The zero-order valence-electron chi connectivity index (χ0n) is 13.8. The van der Waals surface area contributed by atoms with E-state index in [9.17, 15) is 0 Å². The molecule has 0 saturated heterocycles. The van der Waals surface area contributed by atoms with E-state index in [0.29, 0.717) is 16.7 Å². The maximum absolute atomic E-state index is 5.54. The van der Waals surface area contributed by atoms with Crippen molar-refractivity contribution in [2.45, 2.75) is 39.0 Å². The summed E-state index contributed by atoms with van der Waals surface area (Å²) in [6.45, 7) is 4.87. The highest BCUT2D eigenvalue weighted by molar-refractivity contribution is 7.19. The lowest BCUT2D eigenvalue weighted by molar-refractivity contribution is 0.328. The predicted octanol–water partition coefficient (Wildman–Crippen LogP) is 5.27. The summed E-state index contributed by atoms with van der Waals surface area (Å²) in [7, 11) is 3.73. The molecule has 2 saturated carbocycles. The van der Waals surface area contributed by atoms with E-state index < -0.39 is 0 Å². The number of nitrogens with zero attached hydrogens (tertiary/aromatic N) is 1. The molecule has 0 N–H and O–H groups in total. The van der Waals surface area contributed by atoms with Gasteiger partial charge in [0.15, 0.2) is 0 Å². The molecule has 116 valence electrons. The van der Waals surface area contributed by atoms with E-state index in [1.807, 2.05) is 18.4 Å². The van der Waals surface area contributed by atoms with Crippen LogP contribution in [0.3, 0.4) is 0 Å². The third-order valence-corrected chi connectivity index (χ3v) is 7.08. The van der Waals surface area contributed by atoms with Gasteiger partial charge in [-0.25, -0.2) is 0 Å². The van der Waals surface area contributed by atoms with E-state index in [4.69, 9.17) is 9.73 Å². The lowest BCUT2D eigenvalue weighted by Gasteiger charge is -2.33. The number of fused-ring (bicyclic) bond motifs is 3. The fraction of sp³-hybridized carbons (Fsp3) is 0.526. The number of benzene rings is 1. The van der Waals surface area contributed by atoms with E-state index >= 15 is 0 Å². The number of hydrogen-bond donors (Lipinski definition) is 0. The maximum atomic E-state index is 5.54. The van der Waals surface area contributed by atoms with Gasteiger partial charge in [-0.15, -0.1) is 11.3 Å². The summed E-state index contributed by atoms with van der Waals surface area (Å²) in [6, 6.07) is 8.69. The Morgan fingerprint density at radius 3 is 2.82 bits per heavy atom. The van der Waals surface area contributed by atoms with E-state index in [-0.39, 0.29) is 0 Å². The number of rotatable bonds is 2. The van der Waals surface area contributed by atoms with Crippen molar-refractivity contribution >= 4 is 27.1 Å². The first-order valence-corrected chi connectivity index (χ1v) is 8.86. The highest BCUT2D eigenvalue weighted by Crippen LogP contribution is 2.66. The van der Waals surface area contributed by atoms with E-state index in [0.717, 1.165) is 5.75 Å². The Bertz CT molecular complexity index is 777. The highest BCUT2D eigenvalue weighted by atomic mass is 32.1. The fourth-order valence-corrected chi connectivity index (χ4v) is 6.39. The van der Waals surface area contributed by atoms with E-state index in [2.05, 4.69) is 38.1 Å². The molecule has 2 fully saturated rings. The molecule has 2 aromatic rings. The van der Waals surface area contributed by atoms with Crippen molar-refractivity contribution in [3.05, 3.63) is 29.1 Å². The molecule has 4 rings (SSSR count). The fourth-order valence-electron chi connectivity index (χ4n) is 5.02. The molecule has 0 aliphatic heterocycles. The number of thiophene rings is 1. The van der Waals surface area contributed by atoms with Crippen molar-refractivity contribution in [2.75, 3.05) is 14.2 Å². The summed E-state index contributed by atoms with van der Waals surface area (Å²) in [5, 5.41) is 1.25. The molecule has 3 heteroatoms. The Hall–Kier alpha value is -1.35. The number of ether oxygens (including phenoxy) is 1. The van der Waals surface area contributed by atoms with Gasteiger partial charge in [0.25, 0.3) is 0 Å². The molecule has 1 heterocycles. The summed E-state index contributed by atoms with van der Waals surface area (Å²) < 4.78 is 6.86. The summed E-state index contributed by atoms with van der Waals surface area (Å²) in [4.78, 5) is 6.21. The van der Waals surface area contributed by atoms with Crippen LogP contribution >= 0.6 is 11.3 Å². The maximum Gasteiger partial charge on any atom is 0.127 e. The molecule has 0 amide bonds. The first-order chi connectivity index (χ1) is 10.5. The first kappa shape index (κ1) is 14.3. The summed E-state index contributed by atoms with van der Waals surface area (Å²) in [5.41, 5.74) is 2.11. The van der Waals surface area contributed by atoms with Gasteiger partial charge in [-0.2, -0.15) is 0 Å². The van der Waals surface area contributed by atoms with Crippen molar-refractivity contribution in [3.8, 4) is 5.75 Å². The van der Waals surface area contributed by atoms with Crippen molar-refractivity contribution in [1.29, 1.82) is 0 Å². The molecule has 2 aliphatic carbocycles. The van der Waals surface area contributed by atoms with E-state index in [1.54, 1.807) is 7.11 Å². The van der Waals surface area contributed by atoms with Crippen molar-refractivity contribution in [3.63, 3.8) is 0 Å². The summed E-state index contributed by atoms with van der Waals surface area (Å²) >= 11 is 1.92. The minimum absolute atomic E-state index is 0.314. The van der Waals surface area contributed by atoms with Gasteiger partial charge in [0.05, 0.1) is 7.11 Å². The molecule has 2 nitrogen and oxygen atoms in total. The number of aliphatic imine (C=N–C) groups is 1. The second-order valence-electron chi connectivity index (χ2n) is 7.45. The molecule has 0 spiro atoms. The van der Waals surface area contributed by atoms with Crippen LogP contribution < -0.4 is 4.74 Å². The normalized spacial score (nSPS) is 35.6. The average Bonchev–Trinajstić information content (AvgIpc) is 3.11. The zero-order chi connectivity index (χ0) is 15.5. The standard InChI is InChI=1S/C19H23NOS/c1-18-8-9-19(2,11-18)17(20-3)16(18)15-10-12-13(21-4)6-5-7-14(12)22-15/h5-7,10,16H,8-9,11H2,1-4H3. The molecule has 2 aliphatic rings. The minimum Gasteiger partial charge on any atom is -0.496 e. The van der Waals surface area contributed by atoms with Crippen LogP contribution in [0.5, 0.6) is 5.75 Å². The summed E-state index contributed by atoms with van der Waals surface area (Å²) in [6.07, 6.45) is 3.89. The van der Waals surface area contributed by atoms with Gasteiger partial charge in [-0.3, -0.25) is 4.99 Å². The van der Waals surface area contributed by atoms with Gasteiger partial charge in [-0.05, 0) is 42.9 Å². The Balaban J connectivity index is 1.88. The predicted molar refractivity (Wildman–Crippen MR) is 94.5 cm³/mol. The third kappa shape index (κ3) is 1.75. The Kier molecular flexibility index (Phi) is 2.96. The molecule has 22 heavy (non-hydrogen) atoms. The summed E-state index contributed by atoms with van der Waals surface area (Å²) in [5.74, 6) is 1.47. The van der Waals surface area contributed by atoms with Gasteiger partial charge >= 0.3 is 0 Å². The Morgan fingerprint density at radius 2 is 2.09 bits per heavy atom. The topological polar surface area (TPSA) is 21.6 Å². The van der Waals surface area contributed by atoms with Crippen LogP contribution in [0.4, 0.5) is 0 Å². The van der Waals surface area contributed by atoms with Crippen LogP contribution in [0.1, 0.15) is 43.9 Å². The molecule has 2 bridgehead atoms. The Morgan fingerprint density at radius 1 is 1.27 bits per heavy atom. The Labute approximate surface area is 136 Å². The van der Waals surface area contributed by atoms with Gasteiger partial charge in [0.1, 0.15) is 5.75 Å². The van der Waals surface area contributed by atoms with E-state index in [1.165, 1.54) is 39.9 Å². The first-order valence-electron chi connectivity index (χ1n) is 8.04. The van der Waals surface area contributed by atoms with Crippen LogP contribution in [0.2, 0.25) is 0 Å². The van der Waals surface area contributed by atoms with Crippen LogP contribution in [0.25, 0.3) is 10.1 Å². The molecule has 3 unspecified atom stereocenters. The molecular weight excluding hydrogens is 290 g/mol. The molecule has 1 aromatic heterocycles. The van der Waals surface area contributed by atoms with Crippen molar-refractivity contribution in [1.82, 2.24) is 0 Å². The lowest BCUT2D eigenvalue weighted by atomic mass is 9.73. The smallest absolute Gasteiger partial charge is 0.127 e. The molecule has 3 atom stereocenters. The van der Waals surface area contributed by atoms with Gasteiger partial charge in [0.2, 0.25) is 0 Å². The second kappa shape index (κ2) is 4.58. The van der Waals surface area contributed by atoms with Gasteiger partial charge < -0.3 is 4.74 Å². The molecular formula is C19H23NOS. The molecule has 1 aromatic carbocycles. The van der Waals surface area contributed by atoms with Crippen LogP contribution in [0.15, 0.2) is 29.3 Å². The monoisotopic (exact) mass is 313 g/mol. The third-order valence-electron chi connectivity index (χ3n) is 5.92. The largest absolute Gasteiger partial charge is 0.496 e. The van der Waals surface area contributed by atoms with Crippen molar-refractivity contribution in [2.24, 2.45) is 15.8 Å². The van der Waals surface area contributed by atoms with Gasteiger partial charge in [-0.1, -0.05) is 19.9 Å². The zero-order valence-corrected chi connectivity index (χ0v) is 14.6. The molecule has 0 radical (unpaired) electrons. The van der Waals surface area contributed by atoms with Gasteiger partial charge in [0, 0.05) is 39.1 Å². The quantitative estimate of drug-likeness (QED) is 0.739. The van der Waals surface area contributed by atoms with Crippen LogP contribution in [-0.2, 0) is 0 Å². The average molecular weight is 313 g/mol. The lowest BCUT2D eigenvalue weighted by Crippen LogP contribution is -2.30. The minimum atomic E-state index is 0.314. The van der Waals surface area contributed by atoms with Crippen LogP contribution in [0, 0.1) is 10.8 Å². The SMILES string of the molecule is CN=C1C(c2cc3c(OC)cccc3s2)C2(C)CCC1(C)C2. The van der Waals surface area contributed by atoms with Crippen LogP contribution in [-0.4, -0.2) is 19.9 Å². The second-order valence-corrected chi connectivity index (χ2v) is 8.57.